The van der Waals surface area contributed by atoms with Crippen molar-refractivity contribution in [2.75, 3.05) is 18.6 Å². The smallest absolute Gasteiger partial charge is 0.307 e. The van der Waals surface area contributed by atoms with Crippen LogP contribution in [0.1, 0.15) is 24.9 Å². The van der Waals surface area contributed by atoms with E-state index in [1.54, 1.807) is 31.2 Å². The number of ether oxygens (including phenoxy) is 2. The zero-order valence-electron chi connectivity index (χ0n) is 15.8. The number of methoxy groups -OCH3 is 1. The van der Waals surface area contributed by atoms with Gasteiger partial charge in [-0.2, -0.15) is 0 Å². The Hall–Kier alpha value is -3.35. The maximum absolute atomic E-state index is 12.7. The number of benzene rings is 2. The number of hydrogen-bond acceptors (Lipinski definition) is 5. The van der Waals surface area contributed by atoms with Gasteiger partial charge in [0.05, 0.1) is 25.3 Å². The zero-order valence-corrected chi connectivity index (χ0v) is 15.8. The lowest BCUT2D eigenvalue weighted by Crippen LogP contribution is -2.49. The Kier molecular flexibility index (Phi) is 5.93. The number of esters is 1. The molecule has 7 nitrogen and oxygen atoms in total. The molecule has 2 aromatic rings. The molecule has 0 aliphatic carbocycles. The SMILES string of the molecule is COC(=O)CC(NC(=O)CN1C(=O)C(C)Oc2ccccc21)c1ccccc1. The number of amides is 2. The Labute approximate surface area is 163 Å². The minimum Gasteiger partial charge on any atom is -0.479 e. The molecule has 0 spiro atoms. The van der Waals surface area contributed by atoms with Crippen molar-refractivity contribution < 1.29 is 23.9 Å². The number of rotatable bonds is 6. The Morgan fingerprint density at radius 3 is 2.54 bits per heavy atom. The number of hydrogen-bond donors (Lipinski definition) is 1. The van der Waals surface area contributed by atoms with Gasteiger partial charge < -0.3 is 14.8 Å². The van der Waals surface area contributed by atoms with E-state index in [0.29, 0.717) is 11.4 Å². The first-order chi connectivity index (χ1) is 13.5. The van der Waals surface area contributed by atoms with Crippen LogP contribution in [0.4, 0.5) is 5.69 Å². The predicted octanol–water partition coefficient (Wildman–Crippen LogP) is 2.22. The molecule has 1 heterocycles. The first-order valence-corrected chi connectivity index (χ1v) is 8.97. The van der Waals surface area contributed by atoms with Gasteiger partial charge >= 0.3 is 5.97 Å². The van der Waals surface area contributed by atoms with Crippen molar-refractivity contribution in [3.63, 3.8) is 0 Å². The largest absolute Gasteiger partial charge is 0.479 e. The molecule has 0 saturated carbocycles. The highest BCUT2D eigenvalue weighted by Crippen LogP contribution is 2.33. The van der Waals surface area contributed by atoms with Crippen molar-refractivity contribution in [1.29, 1.82) is 0 Å². The Bertz CT molecular complexity index is 868. The van der Waals surface area contributed by atoms with Gasteiger partial charge in [-0.3, -0.25) is 19.3 Å². The van der Waals surface area contributed by atoms with Gasteiger partial charge in [0.2, 0.25) is 5.91 Å². The van der Waals surface area contributed by atoms with Gasteiger partial charge in [0.15, 0.2) is 6.10 Å². The number of carbonyl (C=O) groups excluding carboxylic acids is 3. The first-order valence-electron chi connectivity index (χ1n) is 8.97. The lowest BCUT2D eigenvalue weighted by Gasteiger charge is -2.32. The van der Waals surface area contributed by atoms with E-state index in [1.165, 1.54) is 12.0 Å². The summed E-state index contributed by atoms with van der Waals surface area (Å²) in [6.45, 7) is 1.47. The molecule has 3 rings (SSSR count). The van der Waals surface area contributed by atoms with Gasteiger partial charge in [-0.15, -0.1) is 0 Å². The zero-order chi connectivity index (χ0) is 20.1. The molecule has 2 atom stereocenters. The summed E-state index contributed by atoms with van der Waals surface area (Å²) in [5.74, 6) is -0.555. The van der Waals surface area contributed by atoms with Crippen LogP contribution in [0.5, 0.6) is 5.75 Å². The molecule has 0 fully saturated rings. The molecule has 0 saturated heterocycles. The van der Waals surface area contributed by atoms with E-state index >= 15 is 0 Å². The van der Waals surface area contributed by atoms with Crippen molar-refractivity contribution >= 4 is 23.5 Å². The molecular formula is C21H22N2O5. The summed E-state index contributed by atoms with van der Waals surface area (Å²) < 4.78 is 10.3. The van der Waals surface area contributed by atoms with Crippen LogP contribution in [0, 0.1) is 0 Å². The third-order valence-corrected chi connectivity index (χ3v) is 4.51. The van der Waals surface area contributed by atoms with Gasteiger partial charge in [0.25, 0.3) is 5.91 Å². The van der Waals surface area contributed by atoms with Crippen LogP contribution in [-0.2, 0) is 19.1 Å². The maximum atomic E-state index is 12.7. The number of fused-ring (bicyclic) bond motifs is 1. The summed E-state index contributed by atoms with van der Waals surface area (Å²) in [7, 11) is 1.30. The fraction of sp³-hybridized carbons (Fsp3) is 0.286. The Balaban J connectivity index is 1.77. The van der Waals surface area contributed by atoms with E-state index < -0.39 is 18.1 Å². The lowest BCUT2D eigenvalue weighted by atomic mass is 10.0. The first kappa shape index (κ1) is 19.4. The van der Waals surface area contributed by atoms with Crippen LogP contribution >= 0.6 is 0 Å². The lowest BCUT2D eigenvalue weighted by molar-refractivity contribution is -0.141. The van der Waals surface area contributed by atoms with Gasteiger partial charge in [-0.05, 0) is 24.6 Å². The maximum Gasteiger partial charge on any atom is 0.307 e. The summed E-state index contributed by atoms with van der Waals surface area (Å²) >= 11 is 0. The molecule has 28 heavy (non-hydrogen) atoms. The minimum atomic E-state index is -0.678. The molecule has 7 heteroatoms. The average Bonchev–Trinajstić information content (AvgIpc) is 2.71. The topological polar surface area (TPSA) is 84.9 Å². The van der Waals surface area contributed by atoms with Crippen LogP contribution in [-0.4, -0.2) is 37.5 Å². The van der Waals surface area contributed by atoms with Gasteiger partial charge in [0, 0.05) is 0 Å². The van der Waals surface area contributed by atoms with Gasteiger partial charge in [0.1, 0.15) is 12.3 Å². The highest BCUT2D eigenvalue weighted by molar-refractivity contribution is 6.03. The van der Waals surface area contributed by atoms with E-state index in [1.807, 2.05) is 30.3 Å². The van der Waals surface area contributed by atoms with Crippen LogP contribution in [0.2, 0.25) is 0 Å². The Morgan fingerprint density at radius 2 is 1.82 bits per heavy atom. The van der Waals surface area contributed by atoms with E-state index in [2.05, 4.69) is 5.32 Å². The minimum absolute atomic E-state index is 0.00367. The molecule has 0 radical (unpaired) electrons. The number of anilines is 1. The van der Waals surface area contributed by atoms with Crippen LogP contribution < -0.4 is 15.0 Å². The van der Waals surface area contributed by atoms with Crippen LogP contribution in [0.15, 0.2) is 54.6 Å². The second kappa shape index (κ2) is 8.56. The van der Waals surface area contributed by atoms with E-state index in [-0.39, 0.29) is 24.8 Å². The molecule has 1 N–H and O–H groups in total. The summed E-state index contributed by atoms with van der Waals surface area (Å²) in [4.78, 5) is 38.5. The highest BCUT2D eigenvalue weighted by Gasteiger charge is 2.33. The second-order valence-electron chi connectivity index (χ2n) is 6.46. The summed E-state index contributed by atoms with van der Waals surface area (Å²) in [5.41, 5.74) is 1.33. The molecule has 2 unspecified atom stereocenters. The van der Waals surface area contributed by atoms with Gasteiger partial charge in [-0.25, -0.2) is 0 Å². The van der Waals surface area contributed by atoms with Crippen molar-refractivity contribution in [2.24, 2.45) is 0 Å². The standard InChI is InChI=1S/C21H22N2O5/c1-14-21(26)23(17-10-6-7-11-18(17)28-14)13-19(24)22-16(12-20(25)27-2)15-8-4-3-5-9-15/h3-11,14,16H,12-13H2,1-2H3,(H,22,24). The monoisotopic (exact) mass is 382 g/mol. The fourth-order valence-corrected chi connectivity index (χ4v) is 3.09. The third-order valence-electron chi connectivity index (χ3n) is 4.51. The molecule has 1 aliphatic heterocycles. The van der Waals surface area contributed by atoms with E-state index in [0.717, 1.165) is 5.56 Å². The predicted molar refractivity (Wildman–Crippen MR) is 103 cm³/mol. The number of nitrogens with one attached hydrogen (secondary N) is 1. The molecule has 0 aromatic heterocycles. The number of para-hydroxylation sites is 2. The van der Waals surface area contributed by atoms with Crippen molar-refractivity contribution in [3.05, 3.63) is 60.2 Å². The van der Waals surface area contributed by atoms with Crippen LogP contribution in [0.25, 0.3) is 0 Å². The molecule has 1 aliphatic rings. The van der Waals surface area contributed by atoms with Crippen molar-refractivity contribution in [1.82, 2.24) is 5.32 Å². The number of carbonyl (C=O) groups is 3. The molecule has 0 bridgehead atoms. The van der Waals surface area contributed by atoms with Crippen molar-refractivity contribution in [3.8, 4) is 5.75 Å². The number of nitrogens with zero attached hydrogens (tertiary/aromatic N) is 1. The highest BCUT2D eigenvalue weighted by atomic mass is 16.5. The summed E-state index contributed by atoms with van der Waals surface area (Å²) in [6.07, 6.45) is -0.682. The second-order valence-corrected chi connectivity index (χ2v) is 6.46. The van der Waals surface area contributed by atoms with E-state index in [9.17, 15) is 14.4 Å². The molecule has 2 amide bonds. The molecular weight excluding hydrogens is 360 g/mol. The average molecular weight is 382 g/mol. The Morgan fingerprint density at radius 1 is 1.14 bits per heavy atom. The molecule has 146 valence electrons. The quantitative estimate of drug-likeness (QED) is 0.775. The summed E-state index contributed by atoms with van der Waals surface area (Å²) in [5, 5.41) is 2.84. The fourth-order valence-electron chi connectivity index (χ4n) is 3.09. The summed E-state index contributed by atoms with van der Waals surface area (Å²) in [6, 6.07) is 15.7. The van der Waals surface area contributed by atoms with Gasteiger partial charge in [-0.1, -0.05) is 42.5 Å². The van der Waals surface area contributed by atoms with E-state index in [4.69, 9.17) is 9.47 Å². The normalized spacial score (nSPS) is 16.6. The third kappa shape index (κ3) is 4.31. The molecule has 2 aromatic carbocycles. The van der Waals surface area contributed by atoms with Crippen molar-refractivity contribution in [2.45, 2.75) is 25.5 Å². The van der Waals surface area contributed by atoms with Crippen LogP contribution in [0.3, 0.4) is 0 Å².